The summed E-state index contributed by atoms with van der Waals surface area (Å²) in [6, 6.07) is 1.86. The molecule has 0 spiro atoms. The molecule has 6 heteroatoms. The number of ether oxygens (including phenoxy) is 3. The van der Waals surface area contributed by atoms with Gasteiger partial charge in [0, 0.05) is 26.3 Å². The van der Waals surface area contributed by atoms with Gasteiger partial charge < -0.3 is 19.9 Å². The van der Waals surface area contributed by atoms with Crippen LogP contribution in [0, 0.1) is 6.92 Å². The lowest BCUT2D eigenvalue weighted by Gasteiger charge is -2.11. The quantitative estimate of drug-likeness (QED) is 0.547. The standard InChI is InChI=1S/C13H20N2O3S/c1-10-4-5-15-13(11(10)12(14)19)18-7-3-6-17-9-8-16-2/h4-5H,3,6-9H2,1-2H3,(H2,14,19). The van der Waals surface area contributed by atoms with Gasteiger partial charge in [0.15, 0.2) is 0 Å². The third-order valence-corrected chi connectivity index (χ3v) is 2.68. The molecule has 1 aromatic heterocycles. The number of aryl methyl sites for hydroxylation is 1. The van der Waals surface area contributed by atoms with Gasteiger partial charge in [0.25, 0.3) is 0 Å². The maximum atomic E-state index is 5.67. The molecule has 0 amide bonds. The topological polar surface area (TPSA) is 66.6 Å². The Bertz CT molecular complexity index is 413. The van der Waals surface area contributed by atoms with Crippen LogP contribution >= 0.6 is 12.2 Å². The van der Waals surface area contributed by atoms with Gasteiger partial charge in [-0.2, -0.15) is 0 Å². The lowest BCUT2D eigenvalue weighted by Crippen LogP contribution is -2.15. The minimum Gasteiger partial charge on any atom is -0.477 e. The van der Waals surface area contributed by atoms with Crippen molar-refractivity contribution < 1.29 is 14.2 Å². The van der Waals surface area contributed by atoms with Gasteiger partial charge in [0.1, 0.15) is 4.99 Å². The highest BCUT2D eigenvalue weighted by Gasteiger charge is 2.10. The molecular weight excluding hydrogens is 264 g/mol. The van der Waals surface area contributed by atoms with Gasteiger partial charge in [-0.3, -0.25) is 0 Å². The molecule has 0 aromatic carbocycles. The van der Waals surface area contributed by atoms with Crippen molar-refractivity contribution in [3.63, 3.8) is 0 Å². The van der Waals surface area contributed by atoms with E-state index in [4.69, 9.17) is 32.2 Å². The number of methoxy groups -OCH3 is 1. The number of pyridine rings is 1. The highest BCUT2D eigenvalue weighted by Crippen LogP contribution is 2.18. The predicted octanol–water partition coefficient (Wildman–Crippen LogP) is 1.46. The minimum atomic E-state index is 0.303. The summed E-state index contributed by atoms with van der Waals surface area (Å²) in [5.41, 5.74) is 7.35. The highest BCUT2D eigenvalue weighted by atomic mass is 32.1. The van der Waals surface area contributed by atoms with E-state index in [1.54, 1.807) is 13.3 Å². The van der Waals surface area contributed by atoms with E-state index in [1.165, 1.54) is 0 Å². The first kappa shape index (κ1) is 15.8. The third kappa shape index (κ3) is 5.50. The van der Waals surface area contributed by atoms with Crippen LogP contribution < -0.4 is 10.5 Å². The van der Waals surface area contributed by atoms with Crippen LogP contribution in [-0.4, -0.2) is 43.5 Å². The smallest absolute Gasteiger partial charge is 0.223 e. The first-order chi connectivity index (χ1) is 9.16. The monoisotopic (exact) mass is 284 g/mol. The molecule has 19 heavy (non-hydrogen) atoms. The molecule has 1 rings (SSSR count). The Morgan fingerprint density at radius 2 is 2.11 bits per heavy atom. The van der Waals surface area contributed by atoms with E-state index in [1.807, 2.05) is 13.0 Å². The average molecular weight is 284 g/mol. The summed E-state index contributed by atoms with van der Waals surface area (Å²) >= 11 is 5.01. The molecule has 0 saturated carbocycles. The van der Waals surface area contributed by atoms with Crippen molar-refractivity contribution in [1.82, 2.24) is 4.98 Å². The Morgan fingerprint density at radius 1 is 1.32 bits per heavy atom. The number of nitrogens with zero attached hydrogens (tertiary/aromatic N) is 1. The van der Waals surface area contributed by atoms with E-state index >= 15 is 0 Å². The molecule has 1 aromatic rings. The van der Waals surface area contributed by atoms with Gasteiger partial charge >= 0.3 is 0 Å². The Balaban J connectivity index is 2.37. The zero-order chi connectivity index (χ0) is 14.1. The molecular formula is C13H20N2O3S. The number of thiocarbonyl (C=S) groups is 1. The van der Waals surface area contributed by atoms with E-state index in [0.717, 1.165) is 12.0 Å². The first-order valence-electron chi connectivity index (χ1n) is 6.11. The summed E-state index contributed by atoms with van der Waals surface area (Å²) in [5.74, 6) is 0.490. The number of aromatic nitrogens is 1. The number of rotatable bonds is 9. The molecule has 0 fully saturated rings. The zero-order valence-electron chi connectivity index (χ0n) is 11.3. The van der Waals surface area contributed by atoms with Gasteiger partial charge in [0.2, 0.25) is 5.88 Å². The van der Waals surface area contributed by atoms with Crippen LogP contribution in [0.25, 0.3) is 0 Å². The summed E-state index contributed by atoms with van der Waals surface area (Å²) in [6.07, 6.45) is 2.46. The van der Waals surface area contributed by atoms with Gasteiger partial charge in [-0.15, -0.1) is 0 Å². The summed E-state index contributed by atoms with van der Waals surface area (Å²) < 4.78 is 15.8. The van der Waals surface area contributed by atoms with Gasteiger partial charge in [0.05, 0.1) is 25.4 Å². The number of hydrogen-bond acceptors (Lipinski definition) is 5. The van der Waals surface area contributed by atoms with Crippen LogP contribution in [0.5, 0.6) is 5.88 Å². The van der Waals surface area contributed by atoms with Crippen molar-refractivity contribution in [2.24, 2.45) is 5.73 Å². The normalized spacial score (nSPS) is 10.4. The lowest BCUT2D eigenvalue weighted by atomic mass is 10.1. The Morgan fingerprint density at radius 3 is 2.79 bits per heavy atom. The molecule has 0 saturated heterocycles. The maximum Gasteiger partial charge on any atom is 0.223 e. The van der Waals surface area contributed by atoms with Crippen LogP contribution in [0.4, 0.5) is 0 Å². The molecule has 0 aliphatic rings. The fourth-order valence-corrected chi connectivity index (χ4v) is 1.76. The second-order valence-corrected chi connectivity index (χ2v) is 4.42. The Hall–Kier alpha value is -1.24. The lowest BCUT2D eigenvalue weighted by molar-refractivity contribution is 0.0642. The fourth-order valence-electron chi connectivity index (χ4n) is 1.52. The van der Waals surface area contributed by atoms with E-state index in [9.17, 15) is 0 Å². The van der Waals surface area contributed by atoms with Crippen LogP contribution in [0.1, 0.15) is 17.5 Å². The molecule has 0 atom stereocenters. The molecule has 2 N–H and O–H groups in total. The van der Waals surface area contributed by atoms with Gasteiger partial charge in [-0.1, -0.05) is 12.2 Å². The van der Waals surface area contributed by atoms with Crippen molar-refractivity contribution in [2.45, 2.75) is 13.3 Å². The SMILES string of the molecule is COCCOCCCOc1nccc(C)c1C(N)=S. The second kappa shape index (κ2) is 8.79. The van der Waals surface area contributed by atoms with Crippen molar-refractivity contribution in [1.29, 1.82) is 0 Å². The maximum absolute atomic E-state index is 5.67. The van der Waals surface area contributed by atoms with E-state index in [-0.39, 0.29) is 0 Å². The Kier molecular flexibility index (Phi) is 7.32. The summed E-state index contributed by atoms with van der Waals surface area (Å²) in [7, 11) is 1.65. The van der Waals surface area contributed by atoms with Gasteiger partial charge in [-0.25, -0.2) is 4.98 Å². The molecule has 0 unspecified atom stereocenters. The molecule has 106 valence electrons. The molecule has 0 bridgehead atoms. The summed E-state index contributed by atoms with van der Waals surface area (Å²) in [5, 5.41) is 0. The van der Waals surface area contributed by atoms with Crippen LogP contribution in [-0.2, 0) is 9.47 Å². The predicted molar refractivity (Wildman–Crippen MR) is 77.7 cm³/mol. The molecule has 1 heterocycles. The molecule has 5 nitrogen and oxygen atoms in total. The van der Waals surface area contributed by atoms with E-state index < -0.39 is 0 Å². The zero-order valence-corrected chi connectivity index (χ0v) is 12.2. The van der Waals surface area contributed by atoms with E-state index in [2.05, 4.69) is 4.98 Å². The van der Waals surface area contributed by atoms with Crippen LogP contribution in [0.15, 0.2) is 12.3 Å². The highest BCUT2D eigenvalue weighted by molar-refractivity contribution is 7.80. The third-order valence-electron chi connectivity index (χ3n) is 2.47. The largest absolute Gasteiger partial charge is 0.477 e. The second-order valence-electron chi connectivity index (χ2n) is 3.98. The molecule has 0 aliphatic heterocycles. The van der Waals surface area contributed by atoms with Gasteiger partial charge in [-0.05, 0) is 18.6 Å². The summed E-state index contributed by atoms with van der Waals surface area (Å²) in [4.78, 5) is 4.46. The number of hydrogen-bond donors (Lipinski definition) is 1. The Labute approximate surface area is 119 Å². The first-order valence-corrected chi connectivity index (χ1v) is 6.52. The van der Waals surface area contributed by atoms with Crippen molar-refractivity contribution in [3.8, 4) is 5.88 Å². The average Bonchev–Trinajstić information content (AvgIpc) is 2.37. The van der Waals surface area contributed by atoms with E-state index in [0.29, 0.717) is 42.9 Å². The minimum absolute atomic E-state index is 0.303. The van der Waals surface area contributed by atoms with Crippen LogP contribution in [0.2, 0.25) is 0 Å². The fraction of sp³-hybridized carbons (Fsp3) is 0.538. The molecule has 0 aliphatic carbocycles. The van der Waals surface area contributed by atoms with Crippen LogP contribution in [0.3, 0.4) is 0 Å². The van der Waals surface area contributed by atoms with Crippen molar-refractivity contribution in [3.05, 3.63) is 23.4 Å². The molecule has 0 radical (unpaired) electrons. The van der Waals surface area contributed by atoms with Crippen molar-refractivity contribution in [2.75, 3.05) is 33.5 Å². The number of nitrogens with two attached hydrogens (primary N) is 1. The summed E-state index contributed by atoms with van der Waals surface area (Å²) in [6.45, 7) is 4.26. The van der Waals surface area contributed by atoms with Crippen molar-refractivity contribution >= 4 is 17.2 Å².